The molecule has 10 saturated heterocycles. The van der Waals surface area contributed by atoms with E-state index in [2.05, 4.69) is 20.8 Å². The molecule has 3 heteroatoms. The maximum atomic E-state index is 6.21. The predicted octanol–water partition coefficient (Wildman–Crippen LogP) is 3.64. The minimum atomic E-state index is -2.67. The summed E-state index contributed by atoms with van der Waals surface area (Å²) in [7, 11) is 0.114. The van der Waals surface area contributed by atoms with Gasteiger partial charge in [-0.05, 0) is 0 Å². The first-order valence-electron chi connectivity index (χ1n) is 8.10. The molecule has 0 aromatic carbocycles. The zero-order valence-electron chi connectivity index (χ0n) is 11.4. The van der Waals surface area contributed by atoms with E-state index in [0.29, 0.717) is 0 Å². The van der Waals surface area contributed by atoms with Crippen molar-refractivity contribution in [3.63, 3.8) is 0 Å². The van der Waals surface area contributed by atoms with E-state index in [1.807, 2.05) is 0 Å². The maximum absolute atomic E-state index is 6.21. The summed E-state index contributed by atoms with van der Waals surface area (Å²) < 4.78 is 7.44. The molecule has 0 N–H and O–H groups in total. The Balaban J connectivity index is 1.27. The van der Waals surface area contributed by atoms with Crippen molar-refractivity contribution in [3.05, 3.63) is 0 Å². The third kappa shape index (κ3) is 0.0837. The molecule has 10 aliphatic rings. The molecule has 0 bridgehead atoms. The molecule has 18 heavy (non-hydrogen) atoms. The van der Waals surface area contributed by atoms with Gasteiger partial charge in [0.15, 0.2) is 0 Å². The van der Waals surface area contributed by atoms with Gasteiger partial charge in [0.1, 0.15) is 0 Å². The minimum absolute atomic E-state index is 0.114. The van der Waals surface area contributed by atoms with E-state index in [0.717, 1.165) is 0 Å². The molecule has 10 fully saturated rings. The average molecular weight is 302 g/mol. The summed E-state index contributed by atoms with van der Waals surface area (Å²) in [5, 5.41) is 0. The quantitative estimate of drug-likeness (QED) is 0.723. The topological polar surface area (TPSA) is 9.23 Å². The van der Waals surface area contributed by atoms with Crippen LogP contribution >= 0.6 is 0 Å². The Bertz CT molecular complexity index is 892. The van der Waals surface area contributed by atoms with Crippen LogP contribution in [0.1, 0.15) is 20.8 Å². The molecule has 0 aromatic rings. The first-order valence-corrected chi connectivity index (χ1v) is 16.1. The number of fused-ring (bicyclic) bond motifs is 10. The molecule has 0 amide bonds. The van der Waals surface area contributed by atoms with Gasteiger partial charge in [-0.1, -0.05) is 0 Å². The van der Waals surface area contributed by atoms with Gasteiger partial charge in [0.05, 0.1) is 0 Å². The fraction of sp³-hybridized carbons (Fsp3) is 1.00. The van der Waals surface area contributed by atoms with Crippen molar-refractivity contribution in [2.24, 2.45) is 0 Å². The molecule has 0 aliphatic carbocycles. The second kappa shape index (κ2) is 0.641. The van der Waals surface area contributed by atoms with E-state index < -0.39 is 6.51 Å². The molecule has 10 aliphatic heterocycles. The van der Waals surface area contributed by atoms with E-state index in [4.69, 9.17) is 4.74 Å². The van der Waals surface area contributed by atoms with Crippen molar-refractivity contribution in [1.29, 1.82) is 0 Å². The summed E-state index contributed by atoms with van der Waals surface area (Å²) in [5.41, 5.74) is 0.126. The summed E-state index contributed by atoms with van der Waals surface area (Å²) >= 11 is 0. The van der Waals surface area contributed by atoms with E-state index in [1.54, 1.807) is 0 Å². The first-order chi connectivity index (χ1) is 8.25. The number of hydrogen-bond acceptors (Lipinski definition) is 1. The monoisotopic (exact) mass is 302 g/mol. The van der Waals surface area contributed by atoms with Gasteiger partial charge in [-0.15, -0.1) is 0 Å². The van der Waals surface area contributed by atoms with Crippen LogP contribution in [0.25, 0.3) is 0 Å². The number of ether oxygens (including phenoxy) is 1. The summed E-state index contributed by atoms with van der Waals surface area (Å²) in [6.45, 7) is 4.08. The van der Waals surface area contributed by atoms with Crippen LogP contribution in [0.5, 0.6) is 0 Å². The standard InChI is InChI=1S/C10H17OSi.C5H5.Fe/c1-10(2,3)11-8-12-9-6-4-5-7-9;1-2-4-5-3-1;/h4-7H,8,12H2,1-3H3;1-5H;. The fourth-order valence-corrected chi connectivity index (χ4v) is 112. The summed E-state index contributed by atoms with van der Waals surface area (Å²) in [5.74, 6) is 0. The van der Waals surface area contributed by atoms with E-state index in [1.165, 1.54) is 53.5 Å². The van der Waals surface area contributed by atoms with Crippen LogP contribution in [-0.2, 0) is 11.2 Å². The molecule has 4 unspecified atom stereocenters. The van der Waals surface area contributed by atoms with E-state index in [9.17, 15) is 0 Å². The van der Waals surface area contributed by atoms with Gasteiger partial charge in [0.2, 0.25) is 0 Å². The van der Waals surface area contributed by atoms with Gasteiger partial charge < -0.3 is 0 Å². The number of hydrogen-bond donors (Lipinski definition) is 0. The molecule has 10 rings (SSSR count). The van der Waals surface area contributed by atoms with Crippen LogP contribution in [0.4, 0.5) is 0 Å². The second-order valence-electron chi connectivity index (χ2n) is 12.5. The Kier molecular flexibility index (Phi) is 0.272. The van der Waals surface area contributed by atoms with Crippen LogP contribution in [0.15, 0.2) is 0 Å². The van der Waals surface area contributed by atoms with Crippen LogP contribution in [0.2, 0.25) is 47.3 Å². The molecule has 0 radical (unpaired) electrons. The van der Waals surface area contributed by atoms with Gasteiger partial charge >= 0.3 is 101 Å². The summed E-state index contributed by atoms with van der Waals surface area (Å²) in [4.78, 5) is 13.7. The van der Waals surface area contributed by atoms with Gasteiger partial charge in [0, 0.05) is 0 Å². The van der Waals surface area contributed by atoms with Gasteiger partial charge in [-0.25, -0.2) is 0 Å². The molecule has 0 saturated carbocycles. The van der Waals surface area contributed by atoms with Crippen LogP contribution in [-0.4, -0.2) is 21.4 Å². The predicted molar refractivity (Wildman–Crippen MR) is 70.7 cm³/mol. The van der Waals surface area contributed by atoms with Crippen molar-refractivity contribution in [1.82, 2.24) is 0 Å². The molecule has 4 atom stereocenters. The Morgan fingerprint density at radius 3 is 1.72 bits per heavy atom. The molecule has 10 heterocycles. The van der Waals surface area contributed by atoms with Crippen molar-refractivity contribution in [3.8, 4) is 0 Å². The van der Waals surface area contributed by atoms with Gasteiger partial charge in [-0.3, -0.25) is 0 Å². The molecule has 0 aromatic heterocycles. The summed E-state index contributed by atoms with van der Waals surface area (Å²) in [6, 6.07) is 0. The zero-order chi connectivity index (χ0) is 11.6. The number of rotatable bonds is 3. The fourth-order valence-electron chi connectivity index (χ4n) is 17.9. The normalized spacial score (nSPS) is 115. The van der Waals surface area contributed by atoms with Crippen LogP contribution in [0.3, 0.4) is 0 Å². The van der Waals surface area contributed by atoms with Crippen LogP contribution in [0, 0.1) is 0 Å². The van der Waals surface area contributed by atoms with Crippen molar-refractivity contribution < 1.29 is 11.2 Å². The molecule has 100 valence electrons. The second-order valence-corrected chi connectivity index (χ2v) is 39.0. The molecular weight excluding hydrogens is 280 g/mol. The van der Waals surface area contributed by atoms with E-state index in [-0.39, 0.29) is 15.1 Å². The average Bonchev–Trinajstić information content (AvgIpc) is 3.23. The van der Waals surface area contributed by atoms with Gasteiger partial charge in [-0.2, -0.15) is 0 Å². The van der Waals surface area contributed by atoms with Crippen LogP contribution < -0.4 is 0 Å². The van der Waals surface area contributed by atoms with Crippen molar-refractivity contribution in [2.75, 3.05) is 6.23 Å². The Hall–Kier alpha value is 0.696. The Labute approximate surface area is 101 Å². The molecule has 1 nitrogen and oxygen atoms in total. The first kappa shape index (κ1) is 7.63. The van der Waals surface area contributed by atoms with Crippen molar-refractivity contribution >= 4 is 9.52 Å². The molecular formula is C15H22FeOSi. The van der Waals surface area contributed by atoms with Gasteiger partial charge in [0.25, 0.3) is 0 Å². The van der Waals surface area contributed by atoms with E-state index >= 15 is 0 Å². The van der Waals surface area contributed by atoms with Crippen molar-refractivity contribution in [2.45, 2.75) is 73.7 Å². The Morgan fingerprint density at radius 2 is 1.44 bits per heavy atom. The zero-order valence-corrected chi connectivity index (χ0v) is 13.9. The SMILES string of the molecule is CC(C)(C)OC[SiH2][C]12[CH]3[CH]4[CH]5[CH]1[Fe]45321678[CH]2[CH]1[CH]6[CH]7[CH]28. The molecule has 1 spiro atoms. The third-order valence-electron chi connectivity index (χ3n) is 16.0. The third-order valence-corrected chi connectivity index (χ3v) is 67.8. The summed E-state index contributed by atoms with van der Waals surface area (Å²) in [6.07, 6.45) is 1.24. The Morgan fingerprint density at radius 1 is 0.944 bits per heavy atom.